The maximum absolute atomic E-state index is 12.2. The van der Waals surface area contributed by atoms with Crippen molar-refractivity contribution in [2.45, 2.75) is 26.8 Å². The second-order valence-electron chi connectivity index (χ2n) is 5.74. The fourth-order valence-corrected chi connectivity index (χ4v) is 2.91. The Morgan fingerprint density at radius 1 is 1.24 bits per heavy atom. The summed E-state index contributed by atoms with van der Waals surface area (Å²) in [7, 11) is 0. The number of amides is 1. The first-order valence-electron chi connectivity index (χ1n) is 7.74. The van der Waals surface area contributed by atoms with Gasteiger partial charge < -0.3 is 9.73 Å². The van der Waals surface area contributed by atoms with Gasteiger partial charge in [-0.1, -0.05) is 23.2 Å². The molecule has 1 aromatic carbocycles. The number of halogens is 2. The van der Waals surface area contributed by atoms with Crippen molar-refractivity contribution >= 4 is 29.1 Å². The molecule has 5 nitrogen and oxygen atoms in total. The molecule has 0 fully saturated rings. The number of aryl methyl sites for hydroxylation is 1. The van der Waals surface area contributed by atoms with Gasteiger partial charge in [-0.05, 0) is 38.1 Å². The van der Waals surface area contributed by atoms with Crippen molar-refractivity contribution in [2.75, 3.05) is 0 Å². The zero-order valence-electron chi connectivity index (χ0n) is 13.8. The fourth-order valence-electron chi connectivity index (χ4n) is 2.62. The van der Waals surface area contributed by atoms with Crippen LogP contribution >= 0.6 is 23.2 Å². The van der Waals surface area contributed by atoms with E-state index in [0.29, 0.717) is 16.6 Å². The number of benzene rings is 1. The van der Waals surface area contributed by atoms with Crippen LogP contribution in [0.3, 0.4) is 0 Å². The molecule has 2 aromatic heterocycles. The molecule has 130 valence electrons. The maximum atomic E-state index is 12.2. The minimum Gasteiger partial charge on any atom is -0.472 e. The Morgan fingerprint density at radius 3 is 2.72 bits per heavy atom. The lowest BCUT2D eigenvalue weighted by Crippen LogP contribution is -2.24. The summed E-state index contributed by atoms with van der Waals surface area (Å²) < 4.78 is 6.76. The van der Waals surface area contributed by atoms with Crippen molar-refractivity contribution in [3.05, 3.63) is 69.4 Å². The van der Waals surface area contributed by atoms with Crippen molar-refractivity contribution in [1.29, 1.82) is 0 Å². The first kappa shape index (κ1) is 17.6. The zero-order valence-corrected chi connectivity index (χ0v) is 15.4. The van der Waals surface area contributed by atoms with E-state index in [4.69, 9.17) is 27.6 Å². The topological polar surface area (TPSA) is 60.1 Å². The number of carbonyl (C=O) groups is 1. The van der Waals surface area contributed by atoms with E-state index in [1.165, 1.54) is 0 Å². The van der Waals surface area contributed by atoms with E-state index in [1.807, 2.05) is 26.0 Å². The third kappa shape index (κ3) is 3.89. The van der Waals surface area contributed by atoms with Crippen LogP contribution in [0, 0.1) is 13.8 Å². The molecule has 1 amide bonds. The van der Waals surface area contributed by atoms with Crippen molar-refractivity contribution in [3.8, 4) is 5.69 Å². The molecule has 7 heteroatoms. The van der Waals surface area contributed by atoms with E-state index in [1.54, 1.807) is 29.3 Å². The minimum absolute atomic E-state index is 0.0684. The van der Waals surface area contributed by atoms with E-state index in [-0.39, 0.29) is 12.3 Å². The molecule has 1 N–H and O–H groups in total. The molecule has 25 heavy (non-hydrogen) atoms. The van der Waals surface area contributed by atoms with Gasteiger partial charge in [0.05, 0.1) is 40.4 Å². The Morgan fingerprint density at radius 2 is 2.04 bits per heavy atom. The standard InChI is InChI=1S/C18H17Cl2N3O2/c1-11-15(8-18(24)21-9-13-5-6-25-10-13)12(2)23(22-11)14-3-4-16(19)17(20)7-14/h3-7,10H,8-9H2,1-2H3,(H,21,24). The fraction of sp³-hybridized carbons (Fsp3) is 0.222. The molecule has 0 saturated carbocycles. The van der Waals surface area contributed by atoms with Crippen molar-refractivity contribution < 1.29 is 9.21 Å². The van der Waals surface area contributed by atoms with Gasteiger partial charge in [0.15, 0.2) is 0 Å². The van der Waals surface area contributed by atoms with E-state index < -0.39 is 0 Å². The first-order valence-corrected chi connectivity index (χ1v) is 8.49. The summed E-state index contributed by atoms with van der Waals surface area (Å²) >= 11 is 12.1. The molecule has 0 aliphatic carbocycles. The lowest BCUT2D eigenvalue weighted by molar-refractivity contribution is -0.120. The molecule has 0 bridgehead atoms. The number of carbonyl (C=O) groups excluding carboxylic acids is 1. The summed E-state index contributed by atoms with van der Waals surface area (Å²) in [5.41, 5.74) is 4.33. The number of nitrogens with zero attached hydrogens (tertiary/aromatic N) is 2. The molecule has 0 saturated heterocycles. The molecule has 0 unspecified atom stereocenters. The normalized spacial score (nSPS) is 10.9. The van der Waals surface area contributed by atoms with Gasteiger partial charge in [-0.3, -0.25) is 4.79 Å². The summed E-state index contributed by atoms with van der Waals surface area (Å²) in [5, 5.41) is 8.37. The van der Waals surface area contributed by atoms with Gasteiger partial charge in [-0.15, -0.1) is 0 Å². The Labute approximate surface area is 155 Å². The van der Waals surface area contributed by atoms with Crippen LogP contribution in [-0.4, -0.2) is 15.7 Å². The van der Waals surface area contributed by atoms with Crippen molar-refractivity contribution in [2.24, 2.45) is 0 Å². The molecule has 0 spiro atoms. The SMILES string of the molecule is Cc1nn(-c2ccc(Cl)c(Cl)c2)c(C)c1CC(=O)NCc1ccoc1. The number of rotatable bonds is 5. The minimum atomic E-state index is -0.0684. The maximum Gasteiger partial charge on any atom is 0.224 e. The number of furan rings is 1. The van der Waals surface area contributed by atoms with E-state index in [2.05, 4.69) is 10.4 Å². The predicted octanol–water partition coefficient (Wildman–Crippen LogP) is 4.25. The molecular formula is C18H17Cl2N3O2. The summed E-state index contributed by atoms with van der Waals surface area (Å²) in [6.45, 7) is 4.26. The molecule has 0 aliphatic heterocycles. The second-order valence-corrected chi connectivity index (χ2v) is 6.56. The predicted molar refractivity (Wildman–Crippen MR) is 97.3 cm³/mol. The Bertz CT molecular complexity index is 901. The Hall–Kier alpha value is -2.24. The molecule has 0 atom stereocenters. The number of nitrogens with one attached hydrogen (secondary N) is 1. The average molecular weight is 378 g/mol. The van der Waals surface area contributed by atoms with Gasteiger partial charge >= 0.3 is 0 Å². The highest BCUT2D eigenvalue weighted by Crippen LogP contribution is 2.26. The van der Waals surface area contributed by atoms with Gasteiger partial charge in [0, 0.05) is 23.4 Å². The Kier molecular flexibility index (Phi) is 5.16. The van der Waals surface area contributed by atoms with Crippen LogP contribution in [0.1, 0.15) is 22.5 Å². The third-order valence-electron chi connectivity index (χ3n) is 4.00. The highest BCUT2D eigenvalue weighted by Gasteiger charge is 2.16. The summed E-state index contributed by atoms with van der Waals surface area (Å²) in [6.07, 6.45) is 3.45. The summed E-state index contributed by atoms with van der Waals surface area (Å²) in [6, 6.07) is 7.15. The number of aromatic nitrogens is 2. The molecule has 2 heterocycles. The van der Waals surface area contributed by atoms with Crippen LogP contribution in [0.25, 0.3) is 5.69 Å². The first-order chi connectivity index (χ1) is 12.0. The zero-order chi connectivity index (χ0) is 18.0. The van der Waals surface area contributed by atoms with E-state index in [0.717, 1.165) is 28.2 Å². The van der Waals surface area contributed by atoms with Crippen LogP contribution in [0.2, 0.25) is 10.0 Å². The van der Waals surface area contributed by atoms with Crippen molar-refractivity contribution in [1.82, 2.24) is 15.1 Å². The van der Waals surface area contributed by atoms with Gasteiger partial charge in [0.2, 0.25) is 5.91 Å². The van der Waals surface area contributed by atoms with E-state index in [9.17, 15) is 4.79 Å². The quantitative estimate of drug-likeness (QED) is 0.722. The third-order valence-corrected chi connectivity index (χ3v) is 4.74. The molecular weight excluding hydrogens is 361 g/mol. The van der Waals surface area contributed by atoms with Crippen LogP contribution in [0.5, 0.6) is 0 Å². The summed E-state index contributed by atoms with van der Waals surface area (Å²) in [4.78, 5) is 12.2. The Balaban J connectivity index is 1.77. The largest absolute Gasteiger partial charge is 0.472 e. The molecule has 3 rings (SSSR count). The number of hydrogen-bond acceptors (Lipinski definition) is 3. The van der Waals surface area contributed by atoms with Gasteiger partial charge in [0.25, 0.3) is 0 Å². The highest BCUT2D eigenvalue weighted by molar-refractivity contribution is 6.42. The van der Waals surface area contributed by atoms with Crippen LogP contribution < -0.4 is 5.32 Å². The molecule has 3 aromatic rings. The molecule has 0 radical (unpaired) electrons. The lowest BCUT2D eigenvalue weighted by Gasteiger charge is -2.07. The monoisotopic (exact) mass is 377 g/mol. The smallest absolute Gasteiger partial charge is 0.224 e. The second kappa shape index (κ2) is 7.33. The number of hydrogen-bond donors (Lipinski definition) is 1. The molecule has 0 aliphatic rings. The van der Waals surface area contributed by atoms with Crippen molar-refractivity contribution in [3.63, 3.8) is 0 Å². The van der Waals surface area contributed by atoms with Gasteiger partial charge in [0.1, 0.15) is 0 Å². The summed E-state index contributed by atoms with van der Waals surface area (Å²) in [5.74, 6) is -0.0684. The lowest BCUT2D eigenvalue weighted by atomic mass is 10.1. The van der Waals surface area contributed by atoms with E-state index >= 15 is 0 Å². The van der Waals surface area contributed by atoms with Gasteiger partial charge in [-0.25, -0.2) is 4.68 Å². The van der Waals surface area contributed by atoms with Crippen LogP contribution in [0.4, 0.5) is 0 Å². The van der Waals surface area contributed by atoms with Crippen LogP contribution in [-0.2, 0) is 17.8 Å². The average Bonchev–Trinajstić information content (AvgIpc) is 3.19. The van der Waals surface area contributed by atoms with Gasteiger partial charge in [-0.2, -0.15) is 5.10 Å². The van der Waals surface area contributed by atoms with Crippen LogP contribution in [0.15, 0.2) is 41.2 Å². The highest BCUT2D eigenvalue weighted by atomic mass is 35.5.